The zero-order valence-corrected chi connectivity index (χ0v) is 14.8. The molecule has 0 amide bonds. The number of aryl methyl sites for hydroxylation is 1. The lowest BCUT2D eigenvalue weighted by molar-refractivity contribution is 0.779. The van der Waals surface area contributed by atoms with Crippen LogP contribution in [0.25, 0.3) is 0 Å². The van der Waals surface area contributed by atoms with E-state index in [4.69, 9.17) is 9.98 Å². The highest BCUT2D eigenvalue weighted by Crippen LogP contribution is 2.32. The van der Waals surface area contributed by atoms with Crippen molar-refractivity contribution in [2.24, 2.45) is 9.98 Å². The van der Waals surface area contributed by atoms with Crippen molar-refractivity contribution in [2.45, 2.75) is 18.0 Å². The number of rotatable bonds is 3. The van der Waals surface area contributed by atoms with Crippen LogP contribution < -0.4 is 0 Å². The number of thiol groups is 1. The molecule has 25 heavy (non-hydrogen) atoms. The van der Waals surface area contributed by atoms with Gasteiger partial charge in [-0.25, -0.2) is 0 Å². The van der Waals surface area contributed by atoms with Gasteiger partial charge in [-0.1, -0.05) is 78.4 Å². The molecule has 0 spiro atoms. The van der Waals surface area contributed by atoms with Crippen LogP contribution in [0.1, 0.15) is 28.4 Å². The molecule has 0 saturated heterocycles. The van der Waals surface area contributed by atoms with Crippen LogP contribution in [0.15, 0.2) is 93.7 Å². The summed E-state index contributed by atoms with van der Waals surface area (Å²) in [5.41, 5.74) is 6.26. The first kappa shape index (κ1) is 15.9. The Morgan fingerprint density at radius 1 is 0.720 bits per heavy atom. The molecule has 1 aliphatic rings. The molecule has 0 aromatic heterocycles. The van der Waals surface area contributed by atoms with Crippen LogP contribution in [0.2, 0.25) is 0 Å². The van der Waals surface area contributed by atoms with Crippen molar-refractivity contribution < 1.29 is 0 Å². The summed E-state index contributed by atoms with van der Waals surface area (Å²) in [6.07, 6.45) is -0.251. The average molecular weight is 342 g/mol. The van der Waals surface area contributed by atoms with E-state index in [1.54, 1.807) is 0 Å². The second kappa shape index (κ2) is 6.69. The molecule has 2 nitrogen and oxygen atoms in total. The van der Waals surface area contributed by atoms with Crippen LogP contribution in [0.4, 0.5) is 0 Å². The highest BCUT2D eigenvalue weighted by atomic mass is 32.1. The Hall–Kier alpha value is -2.65. The summed E-state index contributed by atoms with van der Waals surface area (Å²) in [5, 5.41) is 0. The summed E-state index contributed by atoms with van der Waals surface area (Å²) in [6, 6.07) is 26.7. The fourth-order valence-electron chi connectivity index (χ4n) is 3.02. The molecule has 122 valence electrons. The predicted octanol–water partition coefficient (Wildman–Crippen LogP) is 5.27. The first-order valence-corrected chi connectivity index (χ1v) is 8.73. The second-order valence-electron chi connectivity index (χ2n) is 6.12. The van der Waals surface area contributed by atoms with Gasteiger partial charge in [0.1, 0.15) is 0 Å². The highest BCUT2D eigenvalue weighted by Gasteiger charge is 2.25. The summed E-state index contributed by atoms with van der Waals surface area (Å²) < 4.78 is 0. The van der Waals surface area contributed by atoms with E-state index in [2.05, 4.69) is 62.0 Å². The fraction of sp³-hybridized carbons (Fsp3) is 0.0909. The fourth-order valence-corrected chi connectivity index (χ4v) is 3.42. The number of benzene rings is 3. The van der Waals surface area contributed by atoms with Crippen molar-refractivity contribution in [1.29, 1.82) is 0 Å². The summed E-state index contributed by atoms with van der Waals surface area (Å²) in [6.45, 7) is 2.06. The third-order valence-corrected chi connectivity index (χ3v) is 4.67. The van der Waals surface area contributed by atoms with Gasteiger partial charge in [0.25, 0.3) is 0 Å². The maximum absolute atomic E-state index is 4.94. The van der Waals surface area contributed by atoms with Gasteiger partial charge in [-0.05, 0) is 13.0 Å². The molecule has 0 N–H and O–H groups in total. The molecule has 0 bridgehead atoms. The lowest BCUT2D eigenvalue weighted by Crippen LogP contribution is -2.13. The van der Waals surface area contributed by atoms with Crippen LogP contribution in [0.3, 0.4) is 0 Å². The quantitative estimate of drug-likeness (QED) is 0.627. The van der Waals surface area contributed by atoms with Crippen molar-refractivity contribution in [1.82, 2.24) is 0 Å². The monoisotopic (exact) mass is 342 g/mol. The van der Waals surface area contributed by atoms with Gasteiger partial charge < -0.3 is 0 Å². The molecule has 3 aromatic carbocycles. The molecule has 0 saturated carbocycles. The number of aliphatic imine (C=N–C) groups is 2. The van der Waals surface area contributed by atoms with Crippen LogP contribution in [-0.2, 0) is 0 Å². The number of nitrogens with zero attached hydrogens (tertiary/aromatic N) is 2. The van der Waals surface area contributed by atoms with E-state index in [0.717, 1.165) is 33.0 Å². The standard InChI is InChI=1S/C22H18N2S/c1-15-12-13-18(19(25)14-15)22-23-20(16-8-4-2-5-9-16)21(24-22)17-10-6-3-7-11-17/h2-14,22,25H,1H3. The minimum absolute atomic E-state index is 0.251. The maximum Gasteiger partial charge on any atom is 0.167 e. The Morgan fingerprint density at radius 3 is 1.72 bits per heavy atom. The Labute approximate surface area is 153 Å². The molecule has 0 aliphatic carbocycles. The van der Waals surface area contributed by atoms with E-state index in [1.165, 1.54) is 5.56 Å². The SMILES string of the molecule is Cc1ccc(C2N=C(c3ccccc3)C(c3ccccc3)=N2)c(S)c1. The second-order valence-corrected chi connectivity index (χ2v) is 6.61. The molecule has 3 heteroatoms. The van der Waals surface area contributed by atoms with Crippen LogP contribution in [0, 0.1) is 6.92 Å². The van der Waals surface area contributed by atoms with Gasteiger partial charge in [0, 0.05) is 21.6 Å². The number of hydrogen-bond acceptors (Lipinski definition) is 3. The molecule has 0 radical (unpaired) electrons. The summed E-state index contributed by atoms with van der Waals surface area (Å²) >= 11 is 4.64. The number of hydrogen-bond donors (Lipinski definition) is 1. The molecular formula is C22H18N2S. The van der Waals surface area contributed by atoms with Gasteiger partial charge in [0.05, 0.1) is 11.4 Å². The van der Waals surface area contributed by atoms with Crippen molar-refractivity contribution in [3.8, 4) is 0 Å². The van der Waals surface area contributed by atoms with E-state index in [0.29, 0.717) is 0 Å². The predicted molar refractivity (Wildman–Crippen MR) is 107 cm³/mol. The first-order valence-electron chi connectivity index (χ1n) is 8.29. The van der Waals surface area contributed by atoms with Gasteiger partial charge in [0.2, 0.25) is 0 Å². The maximum atomic E-state index is 4.94. The third-order valence-electron chi connectivity index (χ3n) is 4.29. The normalized spacial score (nSPS) is 14.3. The van der Waals surface area contributed by atoms with E-state index in [9.17, 15) is 0 Å². The topological polar surface area (TPSA) is 24.7 Å². The molecule has 1 heterocycles. The van der Waals surface area contributed by atoms with E-state index in [1.807, 2.05) is 36.4 Å². The van der Waals surface area contributed by atoms with Gasteiger partial charge in [-0.3, -0.25) is 9.98 Å². The molecule has 0 atom stereocenters. The Kier molecular flexibility index (Phi) is 4.24. The zero-order valence-electron chi connectivity index (χ0n) is 13.9. The van der Waals surface area contributed by atoms with Crippen molar-refractivity contribution >= 4 is 24.1 Å². The van der Waals surface area contributed by atoms with Crippen LogP contribution in [-0.4, -0.2) is 11.4 Å². The van der Waals surface area contributed by atoms with Gasteiger partial charge in [-0.15, -0.1) is 12.6 Å². The highest BCUT2D eigenvalue weighted by molar-refractivity contribution is 7.80. The minimum Gasteiger partial charge on any atom is -0.251 e. The van der Waals surface area contributed by atoms with Crippen LogP contribution in [0.5, 0.6) is 0 Å². The Morgan fingerprint density at radius 2 is 1.24 bits per heavy atom. The summed E-state index contributed by atoms with van der Waals surface area (Å²) in [7, 11) is 0. The molecular weight excluding hydrogens is 324 g/mol. The van der Waals surface area contributed by atoms with Crippen molar-refractivity contribution in [3.63, 3.8) is 0 Å². The van der Waals surface area contributed by atoms with Crippen molar-refractivity contribution in [2.75, 3.05) is 0 Å². The molecule has 3 aromatic rings. The van der Waals surface area contributed by atoms with E-state index >= 15 is 0 Å². The lowest BCUT2D eigenvalue weighted by atomic mass is 10.0. The van der Waals surface area contributed by atoms with Gasteiger partial charge in [0.15, 0.2) is 6.17 Å². The first-order chi connectivity index (χ1) is 12.2. The summed E-state index contributed by atoms with van der Waals surface area (Å²) in [4.78, 5) is 10.8. The molecule has 0 unspecified atom stereocenters. The minimum atomic E-state index is -0.251. The third kappa shape index (κ3) is 3.15. The largest absolute Gasteiger partial charge is 0.251 e. The van der Waals surface area contributed by atoms with Gasteiger partial charge in [-0.2, -0.15) is 0 Å². The summed E-state index contributed by atoms with van der Waals surface area (Å²) in [5.74, 6) is 0. The molecule has 4 rings (SSSR count). The average Bonchev–Trinajstić information content (AvgIpc) is 3.08. The molecule has 1 aliphatic heterocycles. The smallest absolute Gasteiger partial charge is 0.167 e. The molecule has 0 fully saturated rings. The van der Waals surface area contributed by atoms with E-state index in [-0.39, 0.29) is 6.17 Å². The Balaban J connectivity index is 1.84. The zero-order chi connectivity index (χ0) is 17.2. The lowest BCUT2D eigenvalue weighted by Gasteiger charge is -2.08. The Bertz CT molecular complexity index is 904. The van der Waals surface area contributed by atoms with Crippen molar-refractivity contribution in [3.05, 3.63) is 101 Å². The van der Waals surface area contributed by atoms with Crippen LogP contribution >= 0.6 is 12.6 Å². The van der Waals surface area contributed by atoms with Gasteiger partial charge >= 0.3 is 0 Å². The van der Waals surface area contributed by atoms with E-state index < -0.39 is 0 Å².